The molecule has 0 aliphatic heterocycles. The molecule has 0 aromatic heterocycles. The van der Waals surface area contributed by atoms with Crippen LogP contribution in [0, 0.1) is 31.5 Å². The Labute approximate surface area is 94.9 Å². The minimum absolute atomic E-state index is 0.109. The number of nitrogens with one attached hydrogen (secondary N) is 1. The molecule has 0 spiro atoms. The first-order valence-electron chi connectivity index (χ1n) is 5.00. The fourth-order valence-electron chi connectivity index (χ4n) is 1.41. The smallest absolute Gasteiger partial charge is 0.217 e. The van der Waals surface area contributed by atoms with Gasteiger partial charge in [-0.15, -0.1) is 0 Å². The van der Waals surface area contributed by atoms with Crippen molar-refractivity contribution >= 4 is 5.91 Å². The second-order valence-electron chi connectivity index (χ2n) is 3.63. The molecular weight excluding hydrogens is 205 g/mol. The third kappa shape index (κ3) is 3.39. The second kappa shape index (κ2) is 5.32. The quantitative estimate of drug-likeness (QED) is 0.718. The second-order valence-corrected chi connectivity index (χ2v) is 3.63. The van der Waals surface area contributed by atoms with E-state index < -0.39 is 0 Å². The van der Waals surface area contributed by atoms with Gasteiger partial charge in [-0.1, -0.05) is 11.8 Å². The predicted octanol–water partition coefficient (Wildman–Crippen LogP) is 1.93. The standard InChI is InChI=1S/C13H14FNO/c1-9-7-12(14)8-10(2)13(9)5-4-6-15-11(3)16/h7-8H,6H2,1-3H3,(H,15,16). The number of aryl methyl sites for hydroxylation is 2. The summed E-state index contributed by atoms with van der Waals surface area (Å²) in [6.45, 7) is 5.39. The van der Waals surface area contributed by atoms with Gasteiger partial charge in [-0.25, -0.2) is 4.39 Å². The number of carbonyl (C=O) groups excluding carboxylic acids is 1. The molecule has 0 atom stereocenters. The highest BCUT2D eigenvalue weighted by molar-refractivity contribution is 5.73. The van der Waals surface area contributed by atoms with E-state index in [-0.39, 0.29) is 11.7 Å². The average Bonchev–Trinajstić information content (AvgIpc) is 2.14. The maximum atomic E-state index is 13.0. The molecule has 0 saturated heterocycles. The van der Waals surface area contributed by atoms with Gasteiger partial charge in [-0.3, -0.25) is 4.79 Å². The van der Waals surface area contributed by atoms with Gasteiger partial charge in [0, 0.05) is 12.5 Å². The lowest BCUT2D eigenvalue weighted by molar-refractivity contribution is -0.118. The van der Waals surface area contributed by atoms with Crippen molar-refractivity contribution in [3.63, 3.8) is 0 Å². The van der Waals surface area contributed by atoms with Crippen LogP contribution in [0.3, 0.4) is 0 Å². The number of amides is 1. The van der Waals surface area contributed by atoms with Gasteiger partial charge in [0.15, 0.2) is 0 Å². The van der Waals surface area contributed by atoms with Crippen molar-refractivity contribution in [1.29, 1.82) is 0 Å². The molecule has 2 nitrogen and oxygen atoms in total. The van der Waals surface area contributed by atoms with Crippen LogP contribution >= 0.6 is 0 Å². The molecule has 0 bridgehead atoms. The zero-order valence-corrected chi connectivity index (χ0v) is 9.65. The molecule has 1 aromatic carbocycles. The van der Waals surface area contributed by atoms with Gasteiger partial charge in [0.2, 0.25) is 5.91 Å². The Hall–Kier alpha value is -1.82. The van der Waals surface area contributed by atoms with Gasteiger partial charge >= 0.3 is 0 Å². The molecule has 3 heteroatoms. The van der Waals surface area contributed by atoms with Crippen molar-refractivity contribution in [3.8, 4) is 11.8 Å². The van der Waals surface area contributed by atoms with E-state index in [9.17, 15) is 9.18 Å². The zero-order valence-electron chi connectivity index (χ0n) is 9.65. The minimum atomic E-state index is -0.248. The Morgan fingerprint density at radius 2 is 1.94 bits per heavy atom. The molecule has 0 aliphatic carbocycles. The van der Waals surface area contributed by atoms with E-state index in [4.69, 9.17) is 0 Å². The first-order chi connectivity index (χ1) is 7.50. The van der Waals surface area contributed by atoms with Crippen molar-refractivity contribution in [2.24, 2.45) is 0 Å². The fraction of sp³-hybridized carbons (Fsp3) is 0.308. The van der Waals surface area contributed by atoms with Gasteiger partial charge in [0.05, 0.1) is 6.54 Å². The predicted molar refractivity (Wildman–Crippen MR) is 61.4 cm³/mol. The summed E-state index contributed by atoms with van der Waals surface area (Å²) < 4.78 is 13.0. The molecular formula is C13H14FNO. The summed E-state index contributed by atoms with van der Waals surface area (Å²) in [7, 11) is 0. The fourth-order valence-corrected chi connectivity index (χ4v) is 1.41. The Kier molecular flexibility index (Phi) is 4.07. The van der Waals surface area contributed by atoms with Crippen molar-refractivity contribution < 1.29 is 9.18 Å². The maximum absolute atomic E-state index is 13.0. The first kappa shape index (κ1) is 12.3. The molecule has 0 unspecified atom stereocenters. The van der Waals surface area contributed by atoms with Gasteiger partial charge < -0.3 is 5.32 Å². The van der Waals surface area contributed by atoms with Crippen LogP contribution < -0.4 is 5.32 Å². The molecule has 0 radical (unpaired) electrons. The van der Waals surface area contributed by atoms with Crippen LogP contribution in [0.15, 0.2) is 12.1 Å². The number of rotatable bonds is 1. The monoisotopic (exact) mass is 219 g/mol. The first-order valence-corrected chi connectivity index (χ1v) is 5.00. The molecule has 1 amide bonds. The van der Waals surface area contributed by atoms with Gasteiger partial charge in [-0.2, -0.15) is 0 Å². The van der Waals surface area contributed by atoms with Gasteiger partial charge in [0.1, 0.15) is 5.82 Å². The lowest BCUT2D eigenvalue weighted by Crippen LogP contribution is -2.19. The number of hydrogen-bond donors (Lipinski definition) is 1. The SMILES string of the molecule is CC(=O)NCC#Cc1c(C)cc(F)cc1C. The lowest BCUT2D eigenvalue weighted by atomic mass is 10.0. The summed E-state index contributed by atoms with van der Waals surface area (Å²) in [5.74, 6) is 5.40. The van der Waals surface area contributed by atoms with Crippen molar-refractivity contribution in [2.75, 3.05) is 6.54 Å². The lowest BCUT2D eigenvalue weighted by Gasteiger charge is -2.02. The summed E-state index contributed by atoms with van der Waals surface area (Å²) in [5, 5.41) is 2.58. The van der Waals surface area contributed by atoms with Crippen LogP contribution in [-0.2, 0) is 4.79 Å². The highest BCUT2D eigenvalue weighted by atomic mass is 19.1. The van der Waals surface area contributed by atoms with E-state index in [1.165, 1.54) is 19.1 Å². The maximum Gasteiger partial charge on any atom is 0.217 e. The Morgan fingerprint density at radius 1 is 1.38 bits per heavy atom. The minimum Gasteiger partial charge on any atom is -0.345 e. The van der Waals surface area contributed by atoms with E-state index in [1.54, 1.807) is 0 Å². The van der Waals surface area contributed by atoms with Gasteiger partial charge in [-0.05, 0) is 37.1 Å². The number of hydrogen-bond acceptors (Lipinski definition) is 1. The molecule has 1 aromatic rings. The van der Waals surface area contributed by atoms with Crippen LogP contribution in [0.5, 0.6) is 0 Å². The van der Waals surface area contributed by atoms with E-state index >= 15 is 0 Å². The van der Waals surface area contributed by atoms with Crippen molar-refractivity contribution in [2.45, 2.75) is 20.8 Å². The van der Waals surface area contributed by atoms with Crippen molar-refractivity contribution in [3.05, 3.63) is 34.6 Å². The third-order valence-corrected chi connectivity index (χ3v) is 2.14. The molecule has 0 aliphatic rings. The van der Waals surface area contributed by atoms with E-state index in [0.29, 0.717) is 6.54 Å². The summed E-state index contributed by atoms with van der Waals surface area (Å²) in [4.78, 5) is 10.6. The highest BCUT2D eigenvalue weighted by Gasteiger charge is 2.01. The molecule has 16 heavy (non-hydrogen) atoms. The zero-order chi connectivity index (χ0) is 12.1. The normalized spacial score (nSPS) is 9.25. The topological polar surface area (TPSA) is 29.1 Å². The number of benzene rings is 1. The van der Waals surface area contributed by atoms with Crippen LogP contribution in [-0.4, -0.2) is 12.5 Å². The molecule has 1 N–H and O–H groups in total. The Bertz CT molecular complexity index is 446. The number of halogens is 1. The summed E-state index contributed by atoms with van der Waals surface area (Å²) in [5.41, 5.74) is 2.45. The number of carbonyl (C=O) groups is 1. The molecule has 0 heterocycles. The van der Waals surface area contributed by atoms with Crippen LogP contribution in [0.25, 0.3) is 0 Å². The van der Waals surface area contributed by atoms with E-state index in [0.717, 1.165) is 16.7 Å². The highest BCUT2D eigenvalue weighted by Crippen LogP contribution is 2.14. The van der Waals surface area contributed by atoms with Crippen LogP contribution in [0.1, 0.15) is 23.6 Å². The Balaban J connectivity index is 2.84. The summed E-state index contributed by atoms with van der Waals surface area (Å²) >= 11 is 0. The van der Waals surface area contributed by atoms with Gasteiger partial charge in [0.25, 0.3) is 0 Å². The van der Waals surface area contributed by atoms with E-state index in [2.05, 4.69) is 17.2 Å². The average molecular weight is 219 g/mol. The van der Waals surface area contributed by atoms with Crippen molar-refractivity contribution in [1.82, 2.24) is 5.32 Å². The van der Waals surface area contributed by atoms with Crippen LogP contribution in [0.4, 0.5) is 4.39 Å². The largest absolute Gasteiger partial charge is 0.345 e. The molecule has 0 fully saturated rings. The summed E-state index contributed by atoms with van der Waals surface area (Å²) in [6.07, 6.45) is 0. The van der Waals surface area contributed by atoms with E-state index in [1.807, 2.05) is 13.8 Å². The summed E-state index contributed by atoms with van der Waals surface area (Å²) in [6, 6.07) is 2.91. The third-order valence-electron chi connectivity index (χ3n) is 2.14. The molecule has 1 rings (SSSR count). The molecule has 84 valence electrons. The molecule has 0 saturated carbocycles. The Morgan fingerprint density at radius 3 is 2.44 bits per heavy atom. The van der Waals surface area contributed by atoms with Crippen LogP contribution in [0.2, 0.25) is 0 Å².